The molecule has 1 N–H and O–H groups in total. The second kappa shape index (κ2) is 8.77. The first-order valence-corrected chi connectivity index (χ1v) is 8.90. The van der Waals surface area contributed by atoms with Crippen LogP contribution >= 0.6 is 0 Å². The standard InChI is InChI=1S/C21H22F2N2O2/c1-15(24-21(26)9-7-16-4-2-3-5-18(16)22)17-6-8-19(23)20(14-17)25-10-12-27-13-11-25/h2-9,14-15H,10-13H2,1H3,(H,24,26)/b9-7+. The summed E-state index contributed by atoms with van der Waals surface area (Å²) in [6.45, 7) is 4.22. The summed E-state index contributed by atoms with van der Waals surface area (Å²) in [7, 11) is 0. The van der Waals surface area contributed by atoms with Crippen LogP contribution in [0.3, 0.4) is 0 Å². The molecular weight excluding hydrogens is 350 g/mol. The molecule has 6 heteroatoms. The van der Waals surface area contributed by atoms with Crippen molar-refractivity contribution in [2.45, 2.75) is 13.0 Å². The number of hydrogen-bond acceptors (Lipinski definition) is 3. The lowest BCUT2D eigenvalue weighted by molar-refractivity contribution is -0.117. The zero-order chi connectivity index (χ0) is 19.2. The van der Waals surface area contributed by atoms with Crippen molar-refractivity contribution >= 4 is 17.7 Å². The van der Waals surface area contributed by atoms with Crippen LogP contribution in [0.4, 0.5) is 14.5 Å². The zero-order valence-corrected chi connectivity index (χ0v) is 15.1. The molecular formula is C21H22F2N2O2. The highest BCUT2D eigenvalue weighted by atomic mass is 19.1. The number of halogens is 2. The molecule has 0 aromatic heterocycles. The number of amides is 1. The molecule has 1 atom stereocenters. The Morgan fingerprint density at radius 1 is 1.15 bits per heavy atom. The molecule has 1 heterocycles. The van der Waals surface area contributed by atoms with Gasteiger partial charge in [0.25, 0.3) is 0 Å². The topological polar surface area (TPSA) is 41.6 Å². The highest BCUT2D eigenvalue weighted by Gasteiger charge is 2.17. The van der Waals surface area contributed by atoms with E-state index in [9.17, 15) is 13.6 Å². The summed E-state index contributed by atoms with van der Waals surface area (Å²) in [6, 6.07) is 10.7. The number of carbonyl (C=O) groups is 1. The van der Waals surface area contributed by atoms with Crippen molar-refractivity contribution in [2.24, 2.45) is 0 Å². The quantitative estimate of drug-likeness (QED) is 0.814. The van der Waals surface area contributed by atoms with Crippen molar-refractivity contribution in [2.75, 3.05) is 31.2 Å². The average molecular weight is 372 g/mol. The van der Waals surface area contributed by atoms with Crippen LogP contribution < -0.4 is 10.2 Å². The summed E-state index contributed by atoms with van der Waals surface area (Å²) in [6.07, 6.45) is 2.72. The number of carbonyl (C=O) groups excluding carboxylic acids is 1. The Hall–Kier alpha value is -2.73. The Morgan fingerprint density at radius 2 is 1.89 bits per heavy atom. The van der Waals surface area contributed by atoms with Crippen LogP contribution in [0.25, 0.3) is 6.08 Å². The van der Waals surface area contributed by atoms with Crippen LogP contribution in [0.2, 0.25) is 0 Å². The van der Waals surface area contributed by atoms with Crippen LogP contribution in [0.5, 0.6) is 0 Å². The molecule has 0 saturated carbocycles. The second-order valence-corrected chi connectivity index (χ2v) is 6.40. The largest absolute Gasteiger partial charge is 0.378 e. The van der Waals surface area contributed by atoms with Gasteiger partial charge in [0.15, 0.2) is 0 Å². The van der Waals surface area contributed by atoms with Gasteiger partial charge in [-0.15, -0.1) is 0 Å². The van der Waals surface area contributed by atoms with Gasteiger partial charge >= 0.3 is 0 Å². The Morgan fingerprint density at radius 3 is 2.63 bits per heavy atom. The smallest absolute Gasteiger partial charge is 0.244 e. The molecule has 1 unspecified atom stereocenters. The Kier molecular flexibility index (Phi) is 6.19. The van der Waals surface area contributed by atoms with Crippen molar-refractivity contribution in [1.29, 1.82) is 0 Å². The van der Waals surface area contributed by atoms with Crippen molar-refractivity contribution in [3.8, 4) is 0 Å². The van der Waals surface area contributed by atoms with Crippen LogP contribution in [0.15, 0.2) is 48.5 Å². The lowest BCUT2D eigenvalue weighted by Gasteiger charge is -2.29. The van der Waals surface area contributed by atoms with E-state index in [2.05, 4.69) is 5.32 Å². The van der Waals surface area contributed by atoms with Crippen LogP contribution in [-0.2, 0) is 9.53 Å². The SMILES string of the molecule is CC(NC(=O)/C=C/c1ccccc1F)c1ccc(F)c(N2CCOCC2)c1. The van der Waals surface area contributed by atoms with Gasteiger partial charge in [-0.05, 0) is 36.8 Å². The molecule has 27 heavy (non-hydrogen) atoms. The van der Waals surface area contributed by atoms with Crippen LogP contribution in [0, 0.1) is 11.6 Å². The summed E-state index contributed by atoms with van der Waals surface area (Å²) in [5, 5.41) is 2.82. The van der Waals surface area contributed by atoms with Crippen LogP contribution in [-0.4, -0.2) is 32.2 Å². The molecule has 0 aliphatic carbocycles. The van der Waals surface area contributed by atoms with Gasteiger partial charge < -0.3 is 15.0 Å². The van der Waals surface area contributed by atoms with E-state index in [0.29, 0.717) is 37.6 Å². The minimum absolute atomic E-state index is 0.293. The van der Waals surface area contributed by atoms with E-state index in [1.165, 1.54) is 24.3 Å². The molecule has 1 saturated heterocycles. The molecule has 142 valence electrons. The number of hydrogen-bond donors (Lipinski definition) is 1. The predicted molar refractivity (Wildman–Crippen MR) is 101 cm³/mol. The molecule has 2 aromatic rings. The lowest BCUT2D eigenvalue weighted by atomic mass is 10.1. The molecule has 0 radical (unpaired) electrons. The monoisotopic (exact) mass is 372 g/mol. The predicted octanol–water partition coefficient (Wildman–Crippen LogP) is 3.69. The number of morpholine rings is 1. The van der Waals surface area contributed by atoms with Gasteiger partial charge in [-0.2, -0.15) is 0 Å². The number of rotatable bonds is 5. The molecule has 1 amide bonds. The molecule has 3 rings (SSSR count). The van der Waals surface area contributed by atoms with E-state index in [0.717, 1.165) is 5.56 Å². The summed E-state index contributed by atoms with van der Waals surface area (Å²) in [4.78, 5) is 14.1. The van der Waals surface area contributed by atoms with Crippen molar-refractivity contribution < 1.29 is 18.3 Å². The fourth-order valence-electron chi connectivity index (χ4n) is 2.97. The van der Waals surface area contributed by atoms with Crippen molar-refractivity contribution in [3.05, 3.63) is 71.3 Å². The molecule has 4 nitrogen and oxygen atoms in total. The maximum atomic E-state index is 14.2. The van der Waals surface area contributed by atoms with Gasteiger partial charge in [0.05, 0.1) is 24.9 Å². The summed E-state index contributed by atoms with van der Waals surface area (Å²) < 4.78 is 33.1. The highest BCUT2D eigenvalue weighted by molar-refractivity contribution is 5.92. The van der Waals surface area contributed by atoms with Gasteiger partial charge in [-0.1, -0.05) is 24.3 Å². The molecule has 0 bridgehead atoms. The minimum Gasteiger partial charge on any atom is -0.378 e. The third kappa shape index (κ3) is 4.92. The number of anilines is 1. The van der Waals surface area contributed by atoms with Crippen molar-refractivity contribution in [3.63, 3.8) is 0 Å². The first-order chi connectivity index (χ1) is 13.0. The van der Waals surface area contributed by atoms with E-state index in [4.69, 9.17) is 4.74 Å². The fourth-order valence-corrected chi connectivity index (χ4v) is 2.97. The molecule has 0 spiro atoms. The molecule has 2 aromatic carbocycles. The average Bonchev–Trinajstić information content (AvgIpc) is 2.68. The number of nitrogens with zero attached hydrogens (tertiary/aromatic N) is 1. The summed E-state index contributed by atoms with van der Waals surface area (Å²) in [5.74, 6) is -1.02. The molecule has 1 aliphatic rings. The fraction of sp³-hybridized carbons (Fsp3) is 0.286. The van der Waals surface area contributed by atoms with Gasteiger partial charge in [0.1, 0.15) is 11.6 Å². The second-order valence-electron chi connectivity index (χ2n) is 6.40. The van der Waals surface area contributed by atoms with Gasteiger partial charge in [-0.3, -0.25) is 4.79 Å². The van der Waals surface area contributed by atoms with E-state index in [1.807, 2.05) is 11.8 Å². The van der Waals surface area contributed by atoms with Gasteiger partial charge in [0.2, 0.25) is 5.91 Å². The first-order valence-electron chi connectivity index (χ1n) is 8.90. The highest BCUT2D eigenvalue weighted by Crippen LogP contribution is 2.25. The van der Waals surface area contributed by atoms with E-state index in [1.54, 1.807) is 30.3 Å². The van der Waals surface area contributed by atoms with E-state index >= 15 is 0 Å². The summed E-state index contributed by atoms with van der Waals surface area (Å²) >= 11 is 0. The number of nitrogens with one attached hydrogen (secondary N) is 1. The number of ether oxygens (including phenoxy) is 1. The Balaban J connectivity index is 1.67. The summed E-state index contributed by atoms with van der Waals surface area (Å²) in [5.41, 5.74) is 1.65. The normalized spacial score (nSPS) is 15.7. The maximum absolute atomic E-state index is 14.2. The van der Waals surface area contributed by atoms with Crippen LogP contribution in [0.1, 0.15) is 24.1 Å². The van der Waals surface area contributed by atoms with Gasteiger partial charge in [-0.25, -0.2) is 8.78 Å². The van der Waals surface area contributed by atoms with E-state index in [-0.39, 0.29) is 23.6 Å². The van der Waals surface area contributed by atoms with E-state index < -0.39 is 0 Å². The van der Waals surface area contributed by atoms with Crippen molar-refractivity contribution in [1.82, 2.24) is 5.32 Å². The third-order valence-electron chi connectivity index (χ3n) is 4.50. The Bertz CT molecular complexity index is 833. The first kappa shape index (κ1) is 19.0. The van der Waals surface area contributed by atoms with Gasteiger partial charge in [0, 0.05) is 24.7 Å². The molecule has 1 aliphatic heterocycles. The lowest BCUT2D eigenvalue weighted by Crippen LogP contribution is -2.37. The zero-order valence-electron chi connectivity index (χ0n) is 15.1. The molecule has 1 fully saturated rings. The maximum Gasteiger partial charge on any atom is 0.244 e. The third-order valence-corrected chi connectivity index (χ3v) is 4.50. The Labute approximate surface area is 157 Å². The number of benzene rings is 2. The minimum atomic E-state index is -0.386.